The second kappa shape index (κ2) is 35.3. The number of hydrogen-bond acceptors (Lipinski definition) is 24. The Morgan fingerprint density at radius 2 is 0.710 bits per heavy atom. The third-order valence-corrected chi connectivity index (χ3v) is 27.3. The van der Waals surface area contributed by atoms with Crippen molar-refractivity contribution >= 4 is 88.4 Å². The molecule has 17 aromatic heterocycles. The molecule has 4 N–H and O–H groups in total. The largest absolute Gasteiger partial charge is 0.497 e. The molecule has 0 radical (unpaired) electrons. The van der Waals surface area contributed by atoms with Gasteiger partial charge in [-0.15, -0.1) is 52.1 Å². The van der Waals surface area contributed by atoms with Crippen molar-refractivity contribution in [3.8, 4) is 84.8 Å². The Bertz CT molecular complexity index is 8850. The number of aromatic amines is 4. The van der Waals surface area contributed by atoms with Crippen molar-refractivity contribution in [2.45, 2.75) is 173 Å². The third-order valence-electron chi connectivity index (χ3n) is 24.7. The molecule has 0 spiro atoms. The molecule has 4 aliphatic carbocycles. The molecule has 3 aromatic carbocycles. The summed E-state index contributed by atoms with van der Waals surface area (Å²) in [5.41, 5.74) is 6.00. The molecule has 0 bridgehead atoms. The Morgan fingerprint density at radius 1 is 0.384 bits per heavy atom. The van der Waals surface area contributed by atoms with Gasteiger partial charge < -0.3 is 24.7 Å². The van der Waals surface area contributed by atoms with Crippen molar-refractivity contribution in [3.63, 3.8) is 0 Å². The second-order valence-corrected chi connectivity index (χ2v) is 37.5. The van der Waals surface area contributed by atoms with Gasteiger partial charge in [0.2, 0.25) is 0 Å². The highest BCUT2D eigenvalue weighted by Crippen LogP contribution is 2.39. The summed E-state index contributed by atoms with van der Waals surface area (Å²) in [5, 5.41) is 35.8. The quantitative estimate of drug-likeness (QED) is 0.0436. The van der Waals surface area contributed by atoms with Crippen LogP contribution in [0.1, 0.15) is 140 Å². The van der Waals surface area contributed by atoms with Crippen LogP contribution in [-0.2, 0) is 48.6 Å². The van der Waals surface area contributed by atoms with Crippen LogP contribution in [0.3, 0.4) is 0 Å². The van der Waals surface area contributed by atoms with E-state index >= 15 is 0 Å². The molecule has 4 fully saturated rings. The first-order chi connectivity index (χ1) is 66.9. The molecule has 20 aromatic rings. The van der Waals surface area contributed by atoms with Crippen LogP contribution in [0.25, 0.3) is 146 Å². The van der Waals surface area contributed by atoms with Crippen molar-refractivity contribution < 1.29 is 26.3 Å². The molecular weight excluding hydrogens is 1820 g/mol. The van der Waals surface area contributed by atoms with Crippen LogP contribution in [0.4, 0.5) is 13.2 Å². The van der Waals surface area contributed by atoms with Gasteiger partial charge in [-0.05, 0) is 186 Å². The molecule has 24 rings (SSSR count). The van der Waals surface area contributed by atoms with E-state index in [1.165, 1.54) is 35.0 Å². The summed E-state index contributed by atoms with van der Waals surface area (Å²) in [4.78, 5) is 137. The number of alkyl halides is 3. The number of methoxy groups -OCH3 is 1. The van der Waals surface area contributed by atoms with Crippen LogP contribution < -0.4 is 49.7 Å². The number of hydrogen-bond donors (Lipinski definition) is 4. The summed E-state index contributed by atoms with van der Waals surface area (Å²) >= 11 is 1.59. The number of rotatable bonds is 24. The predicted octanol–water partition coefficient (Wildman–Crippen LogP) is 12.5. The van der Waals surface area contributed by atoms with Crippen LogP contribution in [0.2, 0.25) is 0 Å². The standard InChI is InChI=1S/C25H25N7O4S.C24H20F3N7O2.C24H23N7O3.C21H19N7O2S/c1-2-13-30-23-21(24(33)32(25(30)34)17-9-10-17)26-22(27-23)16-8-11-19-28-29-20(31(19)15-16)12-14-37(35,36)18-6-4-3-5-7-18;1-2-11-32-21-18(22(35)34(23(32)36)16-8-9-16)28-19(29-21)14-5-10-17-30-31-20(33(17)12-14)13-3-6-15(7-4-13)24(25,26)27;1-3-12-29-22-19(23(32)31(24(29)33)16-7-8-16)25-20(26-22)15-6-11-18-27-28-21(30(18)13-15)14-4-9-17(34-2)10-5-14;1-2-9-26-19-16(20(29)28(21(26)30)13-6-7-13)22-17(23-19)12-5-8-15-24-25-18(27(15)11-12)14-4-3-10-31-14/h3-8,11,15,17H,2,9-10,12-14H2,1H3,(H,26,27);3-7,10,12,16H,2,8-9,11H2,1H3,(H,28,29);4-6,9-11,13,16H,3,7-8,12H2,1-2H3,(H,25,26);3-5,8,10-11,13H,2,6-7,9H2,1H3,(H,22,23). The van der Waals surface area contributed by atoms with E-state index in [9.17, 15) is 59.9 Å². The first-order valence-corrected chi connectivity index (χ1v) is 47.9. The van der Waals surface area contributed by atoms with E-state index in [0.29, 0.717) is 146 Å². The fourth-order valence-electron chi connectivity index (χ4n) is 17.2. The van der Waals surface area contributed by atoms with Crippen LogP contribution in [0, 0.1) is 0 Å². The van der Waals surface area contributed by atoms with E-state index in [-0.39, 0.29) is 91.7 Å². The molecule has 4 saturated carbocycles. The Kier molecular flexibility index (Phi) is 22.7. The fourth-order valence-corrected chi connectivity index (χ4v) is 19.2. The number of imidazole rings is 4. The zero-order valence-corrected chi connectivity index (χ0v) is 76.5. The maximum Gasteiger partial charge on any atom is 0.416 e. The Morgan fingerprint density at radius 3 is 1.04 bits per heavy atom. The van der Waals surface area contributed by atoms with Crippen molar-refractivity contribution in [1.82, 2.24) is 135 Å². The fraction of sp³-hybridized carbons (Fsp3) is 0.298. The summed E-state index contributed by atoms with van der Waals surface area (Å²) in [6.07, 6.45) is 12.6. The minimum Gasteiger partial charge on any atom is -0.497 e. The lowest BCUT2D eigenvalue weighted by molar-refractivity contribution is -0.137. The van der Waals surface area contributed by atoms with E-state index in [1.807, 2.05) is 115 Å². The molecule has 0 atom stereocenters. The Hall–Kier alpha value is -16.0. The van der Waals surface area contributed by atoms with E-state index in [2.05, 4.69) is 80.7 Å². The number of H-pyrrole nitrogens is 4. The first kappa shape index (κ1) is 88.6. The summed E-state index contributed by atoms with van der Waals surface area (Å²) in [6.45, 7) is 9.81. The van der Waals surface area contributed by atoms with Crippen LogP contribution >= 0.6 is 11.3 Å². The van der Waals surface area contributed by atoms with Crippen LogP contribution in [-0.4, -0.2) is 156 Å². The maximum atomic E-state index is 13.1. The lowest BCUT2D eigenvalue weighted by Crippen LogP contribution is -2.39. The number of aromatic nitrogens is 28. The number of ether oxygens (including phenoxy) is 1. The topological polar surface area (TPSA) is 455 Å². The first-order valence-electron chi connectivity index (χ1n) is 45.4. The number of thiophene rings is 1. The molecule has 0 unspecified atom stereocenters. The van der Waals surface area contributed by atoms with Crippen molar-refractivity contribution in [1.29, 1.82) is 0 Å². The molecule has 702 valence electrons. The van der Waals surface area contributed by atoms with E-state index in [4.69, 9.17) is 4.74 Å². The SMILES string of the molecule is CCCn1c(=O)n(C2CC2)c(=O)c2[nH]c(-c3ccc4nnc(-c5ccc(C(F)(F)F)cc5)n4c3)nc21.CCCn1c(=O)n(C2CC2)c(=O)c2[nH]c(-c3ccc4nnc(-c5ccc(OC)cc5)n4c3)nc21.CCCn1c(=O)n(C2CC2)c(=O)c2[nH]c(-c3ccc4nnc(-c5cccs5)n4c3)nc21.CCCn1c(=O)n(C2CC2)c(=O)c2[nH]c(-c3ccc4nnc(CCS(=O)(=O)c5ccccc5)n4c3)nc21. The van der Waals surface area contributed by atoms with Gasteiger partial charge in [0.05, 0.1) is 28.2 Å². The minimum absolute atomic E-state index is 0.000911. The van der Waals surface area contributed by atoms with Crippen molar-refractivity contribution in [2.24, 2.45) is 0 Å². The van der Waals surface area contributed by atoms with Gasteiger partial charge in [0.1, 0.15) is 56.9 Å². The number of nitrogens with zero attached hydrogens (tertiary/aromatic N) is 24. The lowest BCUT2D eigenvalue weighted by atomic mass is 10.1. The number of benzene rings is 3. The van der Waals surface area contributed by atoms with Gasteiger partial charge in [0.15, 0.2) is 72.5 Å². The summed E-state index contributed by atoms with van der Waals surface area (Å²) in [7, 11) is -1.85. The summed E-state index contributed by atoms with van der Waals surface area (Å²) in [6, 6.07) is 38.9. The molecule has 17 heterocycles. The van der Waals surface area contributed by atoms with E-state index in [0.717, 1.165) is 122 Å². The van der Waals surface area contributed by atoms with Gasteiger partial charge in [-0.1, -0.05) is 64.1 Å². The van der Waals surface area contributed by atoms with E-state index < -0.39 is 21.6 Å². The van der Waals surface area contributed by atoms with Gasteiger partial charge in [0, 0.05) is 115 Å². The molecule has 39 nitrogen and oxygen atoms in total. The number of fused-ring (bicyclic) bond motifs is 8. The van der Waals surface area contributed by atoms with Crippen LogP contribution in [0.5, 0.6) is 5.75 Å². The highest BCUT2D eigenvalue weighted by atomic mass is 32.2. The maximum absolute atomic E-state index is 13.1. The monoisotopic (exact) mass is 1900 g/mol. The number of halogens is 3. The minimum atomic E-state index is -4.43. The number of sulfone groups is 1. The van der Waals surface area contributed by atoms with Gasteiger partial charge >= 0.3 is 28.9 Å². The Balaban J connectivity index is 0.000000110. The number of pyridine rings is 4. The third kappa shape index (κ3) is 16.3. The number of nitrogens with one attached hydrogen (secondary N) is 4. The average Bonchev–Trinajstić information content (AvgIpc) is 1.60. The summed E-state index contributed by atoms with van der Waals surface area (Å²) < 4.78 is 88.5. The van der Waals surface area contributed by atoms with E-state index in [1.54, 1.807) is 108 Å². The Labute approximate surface area is 779 Å². The average molecular weight is 1910 g/mol. The summed E-state index contributed by atoms with van der Waals surface area (Å²) in [5.74, 6) is 4.79. The highest BCUT2D eigenvalue weighted by molar-refractivity contribution is 7.91. The molecule has 0 saturated heterocycles. The predicted molar refractivity (Wildman–Crippen MR) is 509 cm³/mol. The van der Waals surface area contributed by atoms with Crippen molar-refractivity contribution in [3.05, 3.63) is 264 Å². The molecule has 4 aliphatic rings. The van der Waals surface area contributed by atoms with Gasteiger partial charge in [0.25, 0.3) is 22.2 Å². The van der Waals surface area contributed by atoms with Gasteiger partial charge in [-0.25, -0.2) is 47.5 Å². The molecule has 44 heteroatoms. The van der Waals surface area contributed by atoms with Crippen molar-refractivity contribution in [2.75, 3.05) is 12.9 Å². The molecule has 138 heavy (non-hydrogen) atoms. The lowest BCUT2D eigenvalue weighted by Gasteiger charge is -2.09. The normalized spacial score (nSPS) is 14.0. The highest BCUT2D eigenvalue weighted by Gasteiger charge is 2.36. The zero-order valence-electron chi connectivity index (χ0n) is 74.9. The molecule has 0 aliphatic heterocycles. The number of aryl methyl sites for hydroxylation is 5. The van der Waals surface area contributed by atoms with Crippen LogP contribution in [0.15, 0.2) is 213 Å². The smallest absolute Gasteiger partial charge is 0.416 e. The molecule has 0 amide bonds. The molecular formula is C94H87F3N28O11S2. The second-order valence-electron chi connectivity index (χ2n) is 34.4. The van der Waals surface area contributed by atoms with Gasteiger partial charge in [-0.2, -0.15) is 13.2 Å². The van der Waals surface area contributed by atoms with Gasteiger partial charge in [-0.3, -0.25) is 73.3 Å². The zero-order chi connectivity index (χ0) is 95.4.